The number of allylic oxidation sites excluding steroid dienone is 1. The quantitative estimate of drug-likeness (QED) is 0.106. The zero-order valence-corrected chi connectivity index (χ0v) is 22.6. The number of benzene rings is 2. The number of ether oxygens (including phenoxy) is 1. The molecule has 0 aliphatic rings. The Bertz CT molecular complexity index is 1180. The fourth-order valence-corrected chi connectivity index (χ4v) is 4.82. The Kier molecular flexibility index (Phi) is 13.6. The van der Waals surface area contributed by atoms with E-state index in [4.69, 9.17) is 14.9 Å². The largest absolute Gasteiger partial charge is 0.481 e. The number of carbonyl (C=O) groups is 3. The molecular weight excluding hydrogens is 524 g/mol. The fourth-order valence-electron chi connectivity index (χ4n) is 3.64. The van der Waals surface area contributed by atoms with Crippen molar-refractivity contribution in [2.45, 2.75) is 57.5 Å². The van der Waals surface area contributed by atoms with E-state index in [1.807, 2.05) is 12.1 Å². The van der Waals surface area contributed by atoms with Crippen molar-refractivity contribution in [3.05, 3.63) is 72.3 Å². The van der Waals surface area contributed by atoms with Crippen molar-refractivity contribution in [1.29, 1.82) is 0 Å². The Morgan fingerprint density at radius 2 is 1.46 bits per heavy atom. The summed E-state index contributed by atoms with van der Waals surface area (Å²) in [5.41, 5.74) is 1.47. The lowest BCUT2D eigenvalue weighted by atomic mass is 10.1. The van der Waals surface area contributed by atoms with Crippen LogP contribution in [0, 0.1) is 0 Å². The van der Waals surface area contributed by atoms with Crippen molar-refractivity contribution in [3.63, 3.8) is 0 Å². The molecule has 2 rings (SSSR count). The lowest BCUT2D eigenvalue weighted by Crippen LogP contribution is -2.29. The number of para-hydroxylation sites is 1. The summed E-state index contributed by atoms with van der Waals surface area (Å²) in [4.78, 5) is 33.8. The van der Waals surface area contributed by atoms with Gasteiger partial charge in [-0.25, -0.2) is 18.0 Å². The molecule has 0 aliphatic carbocycles. The van der Waals surface area contributed by atoms with Crippen molar-refractivity contribution in [3.8, 4) is 0 Å². The van der Waals surface area contributed by atoms with Crippen LogP contribution >= 0.6 is 0 Å². The van der Waals surface area contributed by atoms with Crippen LogP contribution in [0.25, 0.3) is 0 Å². The molecule has 11 heteroatoms. The van der Waals surface area contributed by atoms with Crippen LogP contribution in [-0.2, 0) is 24.3 Å². The van der Waals surface area contributed by atoms with Crippen molar-refractivity contribution in [2.75, 3.05) is 22.3 Å². The number of rotatable bonds is 19. The third-order valence-electron chi connectivity index (χ3n) is 5.68. The number of sulfonamides is 1. The van der Waals surface area contributed by atoms with E-state index in [0.29, 0.717) is 18.7 Å². The summed E-state index contributed by atoms with van der Waals surface area (Å²) in [5.74, 6) is -3.67. The molecule has 10 nitrogen and oxygen atoms in total. The monoisotopic (exact) mass is 560 g/mol. The van der Waals surface area contributed by atoms with Crippen LogP contribution in [0.2, 0.25) is 0 Å². The summed E-state index contributed by atoms with van der Waals surface area (Å²) in [6.45, 7) is 0.592. The first-order valence-electron chi connectivity index (χ1n) is 12.9. The maximum Gasteiger partial charge on any atom is 0.345 e. The minimum atomic E-state index is -3.31. The van der Waals surface area contributed by atoms with Crippen LogP contribution < -0.4 is 10.0 Å². The first kappa shape index (κ1) is 31.4. The van der Waals surface area contributed by atoms with Crippen LogP contribution in [0.15, 0.2) is 66.7 Å². The van der Waals surface area contributed by atoms with Gasteiger partial charge in [0.25, 0.3) is 0 Å². The zero-order valence-electron chi connectivity index (χ0n) is 21.8. The number of esters is 1. The van der Waals surface area contributed by atoms with E-state index in [1.165, 1.54) is 12.1 Å². The second-order valence-electron chi connectivity index (χ2n) is 8.96. The zero-order chi connectivity index (χ0) is 28.5. The molecule has 0 saturated heterocycles. The van der Waals surface area contributed by atoms with Crippen LogP contribution in [0.4, 0.5) is 11.4 Å². The molecule has 0 aliphatic heterocycles. The minimum absolute atomic E-state index is 0.123. The lowest BCUT2D eigenvalue weighted by molar-refractivity contribution is -0.153. The van der Waals surface area contributed by atoms with Crippen molar-refractivity contribution >= 4 is 39.3 Å². The van der Waals surface area contributed by atoms with Crippen LogP contribution in [0.3, 0.4) is 0 Å². The normalized spacial score (nSPS) is 12.1. The van der Waals surface area contributed by atoms with E-state index in [1.54, 1.807) is 36.4 Å². The molecule has 0 bridgehead atoms. The van der Waals surface area contributed by atoms with Crippen molar-refractivity contribution in [1.82, 2.24) is 0 Å². The van der Waals surface area contributed by atoms with E-state index < -0.39 is 40.5 Å². The van der Waals surface area contributed by atoms with Crippen LogP contribution in [-0.4, -0.2) is 54.9 Å². The Hall–Kier alpha value is -3.86. The Labute approximate surface area is 229 Å². The van der Waals surface area contributed by atoms with Crippen molar-refractivity contribution in [2.24, 2.45) is 0 Å². The SMILES string of the molecule is O=C(O)CC(OC(=O)c1ccc(NCC=CCCCCCCCCS(=O)(=O)Nc2ccccc2)cc1)C(=O)O. The van der Waals surface area contributed by atoms with Gasteiger partial charge in [-0.05, 0) is 55.7 Å². The number of hydrogen-bond donors (Lipinski definition) is 4. The Balaban J connectivity index is 1.53. The van der Waals surface area contributed by atoms with Gasteiger partial charge >= 0.3 is 17.9 Å². The molecule has 0 amide bonds. The van der Waals surface area contributed by atoms with Crippen molar-refractivity contribution < 1.29 is 37.8 Å². The molecule has 0 fully saturated rings. The molecule has 1 unspecified atom stereocenters. The Morgan fingerprint density at radius 1 is 0.821 bits per heavy atom. The number of carboxylic acids is 2. The summed E-state index contributed by atoms with van der Waals surface area (Å²) in [5, 5.41) is 20.9. The second-order valence-corrected chi connectivity index (χ2v) is 10.8. The maximum atomic E-state index is 12.1. The molecule has 39 heavy (non-hydrogen) atoms. The van der Waals surface area contributed by atoms with E-state index in [-0.39, 0.29) is 11.3 Å². The highest BCUT2D eigenvalue weighted by Crippen LogP contribution is 2.14. The second kappa shape index (κ2) is 16.9. The number of hydrogen-bond acceptors (Lipinski definition) is 7. The molecule has 2 aromatic rings. The van der Waals surface area contributed by atoms with Gasteiger partial charge < -0.3 is 20.3 Å². The highest BCUT2D eigenvalue weighted by molar-refractivity contribution is 7.92. The van der Waals surface area contributed by atoms with E-state index in [9.17, 15) is 22.8 Å². The topological polar surface area (TPSA) is 159 Å². The van der Waals surface area contributed by atoms with Gasteiger partial charge in [0.2, 0.25) is 16.1 Å². The highest BCUT2D eigenvalue weighted by atomic mass is 32.2. The average molecular weight is 561 g/mol. The number of carbonyl (C=O) groups excluding carboxylic acids is 1. The molecule has 0 saturated carbocycles. The predicted octanol–water partition coefficient (Wildman–Crippen LogP) is 4.91. The molecule has 2 aromatic carbocycles. The molecular formula is C28H36N2O8S. The van der Waals surface area contributed by atoms with Gasteiger partial charge in [-0.2, -0.15) is 0 Å². The lowest BCUT2D eigenvalue weighted by Gasteiger charge is -2.12. The number of aliphatic carboxylic acids is 2. The Morgan fingerprint density at radius 3 is 2.10 bits per heavy atom. The van der Waals surface area contributed by atoms with Gasteiger partial charge in [-0.1, -0.05) is 56.0 Å². The maximum absolute atomic E-state index is 12.1. The molecule has 4 N–H and O–H groups in total. The molecule has 0 aromatic heterocycles. The number of nitrogens with one attached hydrogen (secondary N) is 2. The number of unbranched alkanes of at least 4 members (excludes halogenated alkanes) is 6. The highest BCUT2D eigenvalue weighted by Gasteiger charge is 2.25. The van der Waals surface area contributed by atoms with Gasteiger partial charge in [-0.15, -0.1) is 0 Å². The first-order chi connectivity index (χ1) is 18.7. The number of anilines is 2. The molecule has 0 radical (unpaired) electrons. The van der Waals surface area contributed by atoms with Crippen LogP contribution in [0.5, 0.6) is 0 Å². The van der Waals surface area contributed by atoms with E-state index in [2.05, 4.69) is 16.1 Å². The summed E-state index contributed by atoms with van der Waals surface area (Å²) in [6.07, 6.45) is 8.23. The summed E-state index contributed by atoms with van der Waals surface area (Å²) < 4.78 is 31.6. The third kappa shape index (κ3) is 13.5. The van der Waals surface area contributed by atoms with Gasteiger partial charge in [0.15, 0.2) is 0 Å². The van der Waals surface area contributed by atoms with E-state index >= 15 is 0 Å². The van der Waals surface area contributed by atoms with Gasteiger partial charge in [0.05, 0.1) is 17.7 Å². The van der Waals surface area contributed by atoms with Gasteiger partial charge in [0, 0.05) is 17.9 Å². The summed E-state index contributed by atoms with van der Waals surface area (Å²) in [6, 6.07) is 15.1. The summed E-state index contributed by atoms with van der Waals surface area (Å²) in [7, 11) is -3.31. The first-order valence-corrected chi connectivity index (χ1v) is 14.5. The van der Waals surface area contributed by atoms with E-state index in [0.717, 1.165) is 44.2 Å². The summed E-state index contributed by atoms with van der Waals surface area (Å²) >= 11 is 0. The smallest absolute Gasteiger partial charge is 0.345 e. The molecule has 1 atom stereocenters. The standard InChI is InChI=1S/C28H36N2O8S/c31-26(32)21-25(27(33)34)38-28(35)22-15-17-23(18-16-22)29-19-11-6-4-2-1-3-5-7-12-20-39(36,37)30-24-13-9-8-10-14-24/h6,8-11,13-18,25,29-30H,1-5,7,12,19-21H2,(H,31,32)(H,33,34). The third-order valence-corrected chi connectivity index (χ3v) is 7.05. The minimum Gasteiger partial charge on any atom is -0.481 e. The predicted molar refractivity (Wildman–Crippen MR) is 149 cm³/mol. The molecule has 212 valence electrons. The fraction of sp³-hybridized carbons (Fsp3) is 0.393. The number of carboxylic acid groups (broad SMARTS) is 2. The van der Waals surface area contributed by atoms with Crippen LogP contribution in [0.1, 0.15) is 61.7 Å². The van der Waals surface area contributed by atoms with Gasteiger partial charge in [0.1, 0.15) is 0 Å². The molecule has 0 spiro atoms. The average Bonchev–Trinajstić information content (AvgIpc) is 2.89. The van der Waals surface area contributed by atoms with Gasteiger partial charge in [-0.3, -0.25) is 9.52 Å². The molecule has 0 heterocycles.